The molecule has 0 spiro atoms. The highest BCUT2D eigenvalue weighted by atomic mass is 15.2. The third-order valence-electron chi connectivity index (χ3n) is 3.74. The molecule has 0 bridgehead atoms. The van der Waals surface area contributed by atoms with Crippen LogP contribution in [-0.2, 0) is 5.41 Å². The summed E-state index contributed by atoms with van der Waals surface area (Å²) >= 11 is 0. The third kappa shape index (κ3) is 0.986. The normalized spacial score (nSPS) is 38.4. The fourth-order valence-electron chi connectivity index (χ4n) is 2.95. The molecule has 1 aliphatic heterocycles. The lowest BCUT2D eigenvalue weighted by Crippen LogP contribution is -2.27. The van der Waals surface area contributed by atoms with Crippen LogP contribution in [0.4, 0.5) is 0 Å². The van der Waals surface area contributed by atoms with E-state index in [0.717, 1.165) is 18.8 Å². The summed E-state index contributed by atoms with van der Waals surface area (Å²) in [5.41, 5.74) is 0.524. The smallest absolute Gasteiger partial charge is 0.110 e. The molecule has 76 valence electrons. The van der Waals surface area contributed by atoms with Gasteiger partial charge in [0.25, 0.3) is 0 Å². The first-order chi connectivity index (χ1) is 7.29. The Morgan fingerprint density at radius 2 is 2.27 bits per heavy atom. The highest BCUT2D eigenvalue weighted by Crippen LogP contribution is 2.62. The first-order valence-electron chi connectivity index (χ1n) is 5.17. The van der Waals surface area contributed by atoms with Crippen molar-refractivity contribution in [3.05, 3.63) is 24.0 Å². The summed E-state index contributed by atoms with van der Waals surface area (Å²) in [6.45, 7) is 2.02. The molecular weight excluding hydrogens is 188 g/mol. The Kier molecular flexibility index (Phi) is 1.63. The lowest BCUT2D eigenvalue weighted by Gasteiger charge is -2.17. The van der Waals surface area contributed by atoms with E-state index in [2.05, 4.69) is 28.2 Å². The standard InChI is InChI=1S/C11H12N4/c1-15-5-8-9(6-15)11(8,7-12)10-3-2-4-13-14-10/h2-4,8-9H,5-6H2,1H3. The Morgan fingerprint density at radius 1 is 1.53 bits per heavy atom. The molecule has 2 unspecified atom stereocenters. The highest BCUT2D eigenvalue weighted by molar-refractivity contribution is 5.42. The van der Waals surface area contributed by atoms with Crippen molar-refractivity contribution in [1.82, 2.24) is 15.1 Å². The van der Waals surface area contributed by atoms with Gasteiger partial charge in [0.15, 0.2) is 0 Å². The summed E-state index contributed by atoms with van der Waals surface area (Å²) in [6.07, 6.45) is 1.65. The van der Waals surface area contributed by atoms with Crippen LogP contribution in [0, 0.1) is 23.2 Å². The van der Waals surface area contributed by atoms with E-state index in [0.29, 0.717) is 11.8 Å². The van der Waals surface area contributed by atoms with Crippen LogP contribution in [0.25, 0.3) is 0 Å². The van der Waals surface area contributed by atoms with Crippen molar-refractivity contribution < 1.29 is 0 Å². The van der Waals surface area contributed by atoms with Crippen LogP contribution < -0.4 is 0 Å². The van der Waals surface area contributed by atoms with E-state index in [9.17, 15) is 5.26 Å². The van der Waals surface area contributed by atoms with E-state index in [-0.39, 0.29) is 5.41 Å². The minimum atomic E-state index is -0.333. The van der Waals surface area contributed by atoms with E-state index < -0.39 is 0 Å². The van der Waals surface area contributed by atoms with Gasteiger partial charge < -0.3 is 4.90 Å². The van der Waals surface area contributed by atoms with Crippen molar-refractivity contribution in [2.24, 2.45) is 11.8 Å². The highest BCUT2D eigenvalue weighted by Gasteiger charge is 2.70. The summed E-state index contributed by atoms with van der Waals surface area (Å²) in [5, 5.41) is 17.3. The zero-order valence-corrected chi connectivity index (χ0v) is 8.59. The molecule has 0 amide bonds. The molecule has 15 heavy (non-hydrogen) atoms. The maximum Gasteiger partial charge on any atom is 0.110 e. The van der Waals surface area contributed by atoms with Gasteiger partial charge in [-0.2, -0.15) is 15.5 Å². The Hall–Kier alpha value is -1.47. The largest absolute Gasteiger partial charge is 0.306 e. The van der Waals surface area contributed by atoms with E-state index in [4.69, 9.17) is 0 Å². The molecule has 0 N–H and O–H groups in total. The van der Waals surface area contributed by atoms with Crippen molar-refractivity contribution in [2.45, 2.75) is 5.41 Å². The number of rotatable bonds is 1. The third-order valence-corrected chi connectivity index (χ3v) is 3.74. The molecule has 4 heteroatoms. The number of nitrogens with zero attached hydrogens (tertiary/aromatic N) is 4. The second-order valence-electron chi connectivity index (χ2n) is 4.52. The summed E-state index contributed by atoms with van der Waals surface area (Å²) < 4.78 is 0. The molecule has 1 saturated carbocycles. The molecule has 1 aliphatic carbocycles. The van der Waals surface area contributed by atoms with Crippen LogP contribution in [0.15, 0.2) is 18.3 Å². The van der Waals surface area contributed by atoms with Crippen LogP contribution >= 0.6 is 0 Å². The molecule has 2 heterocycles. The number of hydrogen-bond donors (Lipinski definition) is 0. The van der Waals surface area contributed by atoms with Crippen molar-refractivity contribution in [3.63, 3.8) is 0 Å². The van der Waals surface area contributed by atoms with Gasteiger partial charge in [-0.25, -0.2) is 0 Å². The van der Waals surface area contributed by atoms with Gasteiger partial charge in [0.1, 0.15) is 5.41 Å². The van der Waals surface area contributed by atoms with Gasteiger partial charge >= 0.3 is 0 Å². The topological polar surface area (TPSA) is 52.8 Å². The lowest BCUT2D eigenvalue weighted by molar-refractivity contribution is 0.343. The quantitative estimate of drug-likeness (QED) is 0.659. The van der Waals surface area contributed by atoms with Gasteiger partial charge in [0.05, 0.1) is 11.8 Å². The number of fused-ring (bicyclic) bond motifs is 1. The zero-order valence-electron chi connectivity index (χ0n) is 8.59. The zero-order chi connectivity index (χ0) is 10.5. The maximum absolute atomic E-state index is 9.37. The van der Waals surface area contributed by atoms with Crippen LogP contribution in [0.5, 0.6) is 0 Å². The van der Waals surface area contributed by atoms with Crippen LogP contribution in [0.3, 0.4) is 0 Å². The van der Waals surface area contributed by atoms with E-state index in [1.807, 2.05) is 12.1 Å². The molecule has 2 fully saturated rings. The minimum Gasteiger partial charge on any atom is -0.306 e. The number of piperidine rings is 1. The molecule has 1 aromatic heterocycles. The Bertz CT molecular complexity index is 410. The molecular formula is C11H12N4. The van der Waals surface area contributed by atoms with E-state index >= 15 is 0 Å². The Labute approximate surface area is 88.5 Å². The summed E-state index contributed by atoms with van der Waals surface area (Å²) in [5.74, 6) is 0.924. The van der Waals surface area contributed by atoms with Gasteiger partial charge in [-0.3, -0.25) is 0 Å². The Balaban J connectivity index is 1.97. The second kappa shape index (κ2) is 2.77. The van der Waals surface area contributed by atoms with Crippen molar-refractivity contribution in [3.8, 4) is 6.07 Å². The Morgan fingerprint density at radius 3 is 2.80 bits per heavy atom. The molecule has 3 rings (SSSR count). The average molecular weight is 200 g/mol. The fraction of sp³-hybridized carbons (Fsp3) is 0.545. The number of aromatic nitrogens is 2. The van der Waals surface area contributed by atoms with Gasteiger partial charge in [0.2, 0.25) is 0 Å². The van der Waals surface area contributed by atoms with Crippen molar-refractivity contribution >= 4 is 0 Å². The molecule has 0 radical (unpaired) electrons. The fourth-order valence-corrected chi connectivity index (χ4v) is 2.95. The van der Waals surface area contributed by atoms with Crippen LogP contribution in [0.1, 0.15) is 5.69 Å². The van der Waals surface area contributed by atoms with Crippen LogP contribution in [0.2, 0.25) is 0 Å². The lowest BCUT2D eigenvalue weighted by atomic mass is 9.97. The molecule has 0 aromatic carbocycles. The summed E-state index contributed by atoms with van der Waals surface area (Å²) in [4.78, 5) is 2.28. The molecule has 2 atom stereocenters. The minimum absolute atomic E-state index is 0.333. The van der Waals surface area contributed by atoms with E-state index in [1.165, 1.54) is 0 Å². The predicted octanol–water partition coefficient (Wildman–Crippen LogP) is 0.429. The number of likely N-dealkylation sites (tertiary alicyclic amines) is 1. The number of nitriles is 1. The first kappa shape index (κ1) is 8.81. The van der Waals surface area contributed by atoms with Gasteiger partial charge in [-0.1, -0.05) is 0 Å². The first-order valence-corrected chi connectivity index (χ1v) is 5.17. The van der Waals surface area contributed by atoms with Crippen LogP contribution in [-0.4, -0.2) is 35.2 Å². The molecule has 4 nitrogen and oxygen atoms in total. The average Bonchev–Trinajstić information content (AvgIpc) is 2.67. The molecule has 1 saturated heterocycles. The van der Waals surface area contributed by atoms with Gasteiger partial charge in [-0.05, 0) is 19.2 Å². The second-order valence-corrected chi connectivity index (χ2v) is 4.52. The van der Waals surface area contributed by atoms with Crippen molar-refractivity contribution in [2.75, 3.05) is 20.1 Å². The molecule has 1 aromatic rings. The monoisotopic (exact) mass is 200 g/mol. The summed E-state index contributed by atoms with van der Waals surface area (Å²) in [6, 6.07) is 6.25. The number of hydrogen-bond acceptors (Lipinski definition) is 4. The van der Waals surface area contributed by atoms with Gasteiger partial charge in [0, 0.05) is 31.1 Å². The van der Waals surface area contributed by atoms with Crippen molar-refractivity contribution in [1.29, 1.82) is 5.26 Å². The van der Waals surface area contributed by atoms with Gasteiger partial charge in [-0.15, -0.1) is 0 Å². The molecule has 2 aliphatic rings. The van der Waals surface area contributed by atoms with E-state index in [1.54, 1.807) is 6.20 Å². The predicted molar refractivity (Wildman–Crippen MR) is 53.8 cm³/mol. The maximum atomic E-state index is 9.37. The summed E-state index contributed by atoms with van der Waals surface area (Å²) in [7, 11) is 2.10. The SMILES string of the molecule is CN1CC2C(C1)C2(C#N)c1cccnn1.